The van der Waals surface area contributed by atoms with Crippen LogP contribution in [0.1, 0.15) is 35.6 Å². The quantitative estimate of drug-likeness (QED) is 0.631. The van der Waals surface area contributed by atoms with E-state index in [2.05, 4.69) is 4.98 Å². The Labute approximate surface area is 95.8 Å². The molecule has 0 fully saturated rings. The van der Waals surface area contributed by atoms with Gasteiger partial charge in [0.25, 0.3) is 0 Å². The first-order chi connectivity index (χ1) is 7.37. The fourth-order valence-electron chi connectivity index (χ4n) is 1.83. The molecule has 16 heavy (non-hydrogen) atoms. The Hall–Kier alpha value is -1.50. The van der Waals surface area contributed by atoms with Crippen molar-refractivity contribution in [2.24, 2.45) is 5.41 Å². The van der Waals surface area contributed by atoms with Crippen molar-refractivity contribution in [1.29, 1.82) is 0 Å². The molecule has 1 aliphatic carbocycles. The zero-order valence-corrected chi connectivity index (χ0v) is 9.76. The highest BCUT2D eigenvalue weighted by atomic mass is 32.1. The van der Waals surface area contributed by atoms with Gasteiger partial charge in [-0.05, 0) is 11.8 Å². The van der Waals surface area contributed by atoms with E-state index < -0.39 is 5.03 Å². The number of nitrogens with one attached hydrogen (secondary N) is 1. The molecule has 2 rings (SSSR count). The van der Waals surface area contributed by atoms with Gasteiger partial charge in [-0.2, -0.15) is 0 Å². The Balaban J connectivity index is 2.34. The maximum atomic E-state index is 11.7. The molecule has 1 aromatic rings. The van der Waals surface area contributed by atoms with Crippen LogP contribution in [0.5, 0.6) is 0 Å². The van der Waals surface area contributed by atoms with Crippen LogP contribution in [-0.2, 0) is 6.42 Å². The van der Waals surface area contributed by atoms with E-state index in [1.54, 1.807) is 0 Å². The first-order valence-corrected chi connectivity index (χ1v) is 5.63. The summed E-state index contributed by atoms with van der Waals surface area (Å²) in [6.07, 6.45) is 1.19. The zero-order chi connectivity index (χ0) is 11.9. The number of hydrogen-bond acceptors (Lipinski definition) is 5. The van der Waals surface area contributed by atoms with Crippen molar-refractivity contribution in [2.45, 2.75) is 26.7 Å². The molecule has 0 unspecified atom stereocenters. The molecule has 1 N–H and O–H groups in total. The summed E-state index contributed by atoms with van der Waals surface area (Å²) < 4.78 is 0. The SMILES string of the molecule is CC1(C)CC(=O)c2nc(N[N+](=O)[O-])sc2C1. The number of carbonyl (C=O) groups excluding carboxylic acids is 1. The van der Waals surface area contributed by atoms with Crippen LogP contribution in [0.3, 0.4) is 0 Å². The minimum absolute atomic E-state index is 0.0288. The molecule has 0 atom stereocenters. The van der Waals surface area contributed by atoms with Gasteiger partial charge in [0, 0.05) is 11.3 Å². The number of hydrazine groups is 1. The number of carbonyl (C=O) groups is 1. The number of hydrogen-bond donors (Lipinski definition) is 1. The summed E-state index contributed by atoms with van der Waals surface area (Å²) in [5.41, 5.74) is 2.30. The summed E-state index contributed by atoms with van der Waals surface area (Å²) in [6.45, 7) is 4.02. The lowest BCUT2D eigenvalue weighted by Crippen LogP contribution is -2.26. The summed E-state index contributed by atoms with van der Waals surface area (Å²) in [5.74, 6) is -0.0288. The van der Waals surface area contributed by atoms with Crippen LogP contribution in [0.15, 0.2) is 0 Å². The third kappa shape index (κ3) is 2.04. The van der Waals surface area contributed by atoms with Crippen molar-refractivity contribution in [1.82, 2.24) is 4.98 Å². The van der Waals surface area contributed by atoms with Crippen molar-refractivity contribution in [3.8, 4) is 0 Å². The number of nitro groups is 1. The van der Waals surface area contributed by atoms with E-state index in [9.17, 15) is 14.9 Å². The van der Waals surface area contributed by atoms with Crippen LogP contribution in [0.2, 0.25) is 0 Å². The molecule has 0 radical (unpaired) electrons. The van der Waals surface area contributed by atoms with Crippen LogP contribution in [0.25, 0.3) is 0 Å². The highest BCUT2D eigenvalue weighted by molar-refractivity contribution is 7.15. The van der Waals surface area contributed by atoms with Gasteiger partial charge < -0.3 is 0 Å². The molecule has 0 saturated heterocycles. The number of ketones is 1. The number of anilines is 1. The molecule has 1 heterocycles. The van der Waals surface area contributed by atoms with Gasteiger partial charge in [-0.3, -0.25) is 4.79 Å². The van der Waals surface area contributed by atoms with E-state index in [1.807, 2.05) is 19.3 Å². The smallest absolute Gasteiger partial charge is 0.247 e. The Morgan fingerprint density at radius 1 is 1.50 bits per heavy atom. The van der Waals surface area contributed by atoms with Crippen LogP contribution >= 0.6 is 11.3 Å². The Bertz CT molecular complexity index is 467. The summed E-state index contributed by atoms with van der Waals surface area (Å²) >= 11 is 1.18. The van der Waals surface area contributed by atoms with Crippen molar-refractivity contribution in [3.63, 3.8) is 0 Å². The second-order valence-corrected chi connectivity index (χ2v) is 5.68. The third-order valence-electron chi connectivity index (χ3n) is 2.43. The monoisotopic (exact) mass is 241 g/mol. The minimum Gasteiger partial charge on any atom is -0.292 e. The van der Waals surface area contributed by atoms with Gasteiger partial charge in [-0.15, -0.1) is 0 Å². The largest absolute Gasteiger partial charge is 0.292 e. The maximum Gasteiger partial charge on any atom is 0.247 e. The van der Waals surface area contributed by atoms with Crippen LogP contribution in [0.4, 0.5) is 5.13 Å². The molecule has 0 amide bonds. The minimum atomic E-state index is -0.667. The molecule has 0 spiro atoms. The predicted molar refractivity (Wildman–Crippen MR) is 59.2 cm³/mol. The number of thiazole rings is 1. The number of aromatic nitrogens is 1. The van der Waals surface area contributed by atoms with Crippen molar-refractivity contribution in [3.05, 3.63) is 20.7 Å². The van der Waals surface area contributed by atoms with Crippen LogP contribution in [-0.4, -0.2) is 15.8 Å². The average molecular weight is 241 g/mol. The average Bonchev–Trinajstić information content (AvgIpc) is 2.43. The summed E-state index contributed by atoms with van der Waals surface area (Å²) in [4.78, 5) is 26.8. The van der Waals surface area contributed by atoms with Gasteiger partial charge in [0.15, 0.2) is 10.8 Å². The number of nitrogens with zero attached hydrogens (tertiary/aromatic N) is 2. The zero-order valence-electron chi connectivity index (χ0n) is 8.94. The molecule has 0 saturated carbocycles. The lowest BCUT2D eigenvalue weighted by molar-refractivity contribution is -0.445. The van der Waals surface area contributed by atoms with Gasteiger partial charge in [0.05, 0.1) is 0 Å². The fourth-order valence-corrected chi connectivity index (χ4v) is 3.04. The fraction of sp³-hybridized carbons (Fsp3) is 0.556. The Kier molecular flexibility index (Phi) is 2.42. The third-order valence-corrected chi connectivity index (χ3v) is 3.39. The van der Waals surface area contributed by atoms with Gasteiger partial charge in [0.1, 0.15) is 5.69 Å². The Morgan fingerprint density at radius 3 is 2.81 bits per heavy atom. The Morgan fingerprint density at radius 2 is 2.19 bits per heavy atom. The normalized spacial score (nSPS) is 18.0. The second kappa shape index (κ2) is 3.51. The van der Waals surface area contributed by atoms with Crippen molar-refractivity contribution in [2.75, 3.05) is 5.43 Å². The van der Waals surface area contributed by atoms with Gasteiger partial charge in [0.2, 0.25) is 5.13 Å². The molecule has 0 bridgehead atoms. The first-order valence-electron chi connectivity index (χ1n) is 4.81. The van der Waals surface area contributed by atoms with E-state index in [-0.39, 0.29) is 16.3 Å². The highest BCUT2D eigenvalue weighted by Crippen LogP contribution is 2.38. The van der Waals surface area contributed by atoms with E-state index in [0.717, 1.165) is 11.3 Å². The summed E-state index contributed by atoms with van der Waals surface area (Å²) in [5, 5.41) is 9.78. The van der Waals surface area contributed by atoms with Gasteiger partial charge in [-0.1, -0.05) is 30.6 Å². The van der Waals surface area contributed by atoms with Crippen LogP contribution < -0.4 is 5.43 Å². The molecule has 86 valence electrons. The summed E-state index contributed by atoms with van der Waals surface area (Å²) in [6, 6.07) is 0. The van der Waals surface area contributed by atoms with Gasteiger partial charge >= 0.3 is 0 Å². The van der Waals surface area contributed by atoms with Crippen LogP contribution in [0, 0.1) is 15.5 Å². The number of Topliss-reactive ketones (excluding diaryl/α,β-unsaturated/α-hetero) is 1. The second-order valence-electron chi connectivity index (χ2n) is 4.60. The first kappa shape index (κ1) is 11.0. The lowest BCUT2D eigenvalue weighted by atomic mass is 9.78. The summed E-state index contributed by atoms with van der Waals surface area (Å²) in [7, 11) is 0. The highest BCUT2D eigenvalue weighted by Gasteiger charge is 2.34. The van der Waals surface area contributed by atoms with E-state index in [0.29, 0.717) is 12.1 Å². The topological polar surface area (TPSA) is 85.1 Å². The van der Waals surface area contributed by atoms with Crippen molar-refractivity contribution < 1.29 is 9.83 Å². The molecule has 1 aromatic heterocycles. The molecular formula is C9H11N3O3S. The molecule has 1 aliphatic rings. The molecule has 6 nitrogen and oxygen atoms in total. The van der Waals surface area contributed by atoms with Gasteiger partial charge in [-0.25, -0.2) is 15.1 Å². The molecular weight excluding hydrogens is 230 g/mol. The molecule has 0 aromatic carbocycles. The maximum absolute atomic E-state index is 11.7. The molecule has 0 aliphatic heterocycles. The lowest BCUT2D eigenvalue weighted by Gasteiger charge is -2.26. The molecule has 7 heteroatoms. The standard InChI is InChI=1S/C9H11N3O3S/c1-9(2)3-5(13)7-6(4-9)16-8(10-7)11-12(14)15/h3-4H2,1-2H3,(H,10,11). The van der Waals surface area contributed by atoms with E-state index >= 15 is 0 Å². The van der Waals surface area contributed by atoms with E-state index in [1.165, 1.54) is 11.3 Å². The predicted octanol–water partition coefficient (Wildman–Crippen LogP) is 1.90. The number of fused-ring (bicyclic) bond motifs is 1. The van der Waals surface area contributed by atoms with Crippen molar-refractivity contribution >= 4 is 22.3 Å². The number of rotatable bonds is 2. The van der Waals surface area contributed by atoms with E-state index in [4.69, 9.17) is 0 Å².